The summed E-state index contributed by atoms with van der Waals surface area (Å²) in [5.41, 5.74) is 0.537. The SMILES string of the molecule is CNC(=O)c1cccc(S(C)=O)c1. The molecule has 0 saturated heterocycles. The first-order valence-electron chi connectivity index (χ1n) is 3.80. The fourth-order valence-corrected chi connectivity index (χ4v) is 1.52. The minimum atomic E-state index is -1.04. The lowest BCUT2D eigenvalue weighted by atomic mass is 10.2. The van der Waals surface area contributed by atoms with Gasteiger partial charge in [-0.3, -0.25) is 9.00 Å². The molecule has 1 unspecified atom stereocenters. The van der Waals surface area contributed by atoms with Crippen LogP contribution in [0.2, 0.25) is 0 Å². The molecule has 4 heteroatoms. The molecule has 13 heavy (non-hydrogen) atoms. The lowest BCUT2D eigenvalue weighted by Gasteiger charge is -2.01. The van der Waals surface area contributed by atoms with Crippen molar-refractivity contribution >= 4 is 16.7 Å². The van der Waals surface area contributed by atoms with Crippen LogP contribution in [-0.4, -0.2) is 23.4 Å². The number of amides is 1. The van der Waals surface area contributed by atoms with Gasteiger partial charge in [-0.05, 0) is 18.2 Å². The van der Waals surface area contributed by atoms with E-state index < -0.39 is 10.8 Å². The van der Waals surface area contributed by atoms with Crippen LogP contribution in [0.5, 0.6) is 0 Å². The number of benzene rings is 1. The second kappa shape index (κ2) is 4.18. The van der Waals surface area contributed by atoms with Crippen molar-refractivity contribution in [3.63, 3.8) is 0 Å². The summed E-state index contributed by atoms with van der Waals surface area (Å²) in [5, 5.41) is 2.51. The first-order valence-corrected chi connectivity index (χ1v) is 5.36. The molecule has 0 aliphatic rings. The molecule has 1 rings (SSSR count). The van der Waals surface area contributed by atoms with E-state index in [0.29, 0.717) is 10.5 Å². The van der Waals surface area contributed by atoms with E-state index in [1.807, 2.05) is 0 Å². The Hall–Kier alpha value is -1.16. The quantitative estimate of drug-likeness (QED) is 0.761. The molecule has 3 nitrogen and oxygen atoms in total. The van der Waals surface area contributed by atoms with E-state index in [1.54, 1.807) is 37.6 Å². The molecule has 0 radical (unpaired) electrons. The summed E-state index contributed by atoms with van der Waals surface area (Å²) >= 11 is 0. The normalized spacial score (nSPS) is 12.2. The molecule has 1 atom stereocenters. The monoisotopic (exact) mass is 197 g/mol. The molecular weight excluding hydrogens is 186 g/mol. The van der Waals surface area contributed by atoms with Gasteiger partial charge in [0.25, 0.3) is 5.91 Å². The Kier molecular flexibility index (Phi) is 3.19. The molecule has 0 fully saturated rings. The van der Waals surface area contributed by atoms with E-state index in [4.69, 9.17) is 0 Å². The van der Waals surface area contributed by atoms with Gasteiger partial charge in [-0.1, -0.05) is 6.07 Å². The van der Waals surface area contributed by atoms with Gasteiger partial charge in [0, 0.05) is 34.6 Å². The molecule has 0 saturated carbocycles. The molecule has 1 N–H and O–H groups in total. The van der Waals surface area contributed by atoms with Crippen molar-refractivity contribution in [3.05, 3.63) is 29.8 Å². The molecule has 0 spiro atoms. The Labute approximate surface area is 79.6 Å². The maximum absolute atomic E-state index is 11.2. The lowest BCUT2D eigenvalue weighted by Crippen LogP contribution is -2.17. The summed E-state index contributed by atoms with van der Waals surface area (Å²) in [6, 6.07) is 6.79. The number of carbonyl (C=O) groups excluding carboxylic acids is 1. The van der Waals surface area contributed by atoms with E-state index in [2.05, 4.69) is 5.32 Å². The molecular formula is C9H11NO2S. The zero-order chi connectivity index (χ0) is 9.84. The van der Waals surface area contributed by atoms with Crippen LogP contribution in [0.4, 0.5) is 0 Å². The van der Waals surface area contributed by atoms with Crippen molar-refractivity contribution in [2.45, 2.75) is 4.90 Å². The standard InChI is InChI=1S/C9H11NO2S/c1-10-9(11)7-4-3-5-8(6-7)13(2)12/h3-6H,1-2H3,(H,10,11). The predicted octanol–water partition coefficient (Wildman–Crippen LogP) is 0.784. The Balaban J connectivity index is 3.05. The maximum atomic E-state index is 11.2. The second-order valence-corrected chi connectivity index (χ2v) is 3.94. The number of rotatable bonds is 2. The number of hydrogen-bond acceptors (Lipinski definition) is 2. The summed E-state index contributed by atoms with van der Waals surface area (Å²) in [5.74, 6) is -0.160. The van der Waals surface area contributed by atoms with Crippen molar-refractivity contribution < 1.29 is 9.00 Å². The van der Waals surface area contributed by atoms with Crippen molar-refractivity contribution in [1.29, 1.82) is 0 Å². The van der Waals surface area contributed by atoms with Gasteiger partial charge in [0.1, 0.15) is 0 Å². The highest BCUT2D eigenvalue weighted by atomic mass is 32.2. The van der Waals surface area contributed by atoms with Gasteiger partial charge < -0.3 is 5.32 Å². The van der Waals surface area contributed by atoms with Crippen LogP contribution in [0.25, 0.3) is 0 Å². The van der Waals surface area contributed by atoms with Crippen LogP contribution in [0, 0.1) is 0 Å². The molecule has 70 valence electrons. The zero-order valence-corrected chi connectivity index (χ0v) is 8.35. The Morgan fingerprint density at radius 1 is 1.46 bits per heavy atom. The molecule has 0 aliphatic carbocycles. The zero-order valence-electron chi connectivity index (χ0n) is 7.53. The van der Waals surface area contributed by atoms with Gasteiger partial charge in [-0.25, -0.2) is 0 Å². The third-order valence-electron chi connectivity index (χ3n) is 1.66. The Bertz CT molecular complexity index is 349. The molecule has 0 aliphatic heterocycles. The maximum Gasteiger partial charge on any atom is 0.251 e. The van der Waals surface area contributed by atoms with Crippen LogP contribution >= 0.6 is 0 Å². The van der Waals surface area contributed by atoms with Crippen LogP contribution in [0.1, 0.15) is 10.4 Å². The van der Waals surface area contributed by atoms with E-state index in [9.17, 15) is 9.00 Å². The van der Waals surface area contributed by atoms with Gasteiger partial charge in [0.05, 0.1) is 0 Å². The minimum Gasteiger partial charge on any atom is -0.355 e. The summed E-state index contributed by atoms with van der Waals surface area (Å²) in [6.45, 7) is 0. The van der Waals surface area contributed by atoms with Gasteiger partial charge in [-0.2, -0.15) is 0 Å². The minimum absolute atomic E-state index is 0.160. The molecule has 0 heterocycles. The topological polar surface area (TPSA) is 46.2 Å². The van der Waals surface area contributed by atoms with E-state index >= 15 is 0 Å². The Morgan fingerprint density at radius 3 is 2.69 bits per heavy atom. The van der Waals surface area contributed by atoms with E-state index in [1.165, 1.54) is 0 Å². The Morgan fingerprint density at radius 2 is 2.15 bits per heavy atom. The van der Waals surface area contributed by atoms with Crippen molar-refractivity contribution in [2.75, 3.05) is 13.3 Å². The second-order valence-electron chi connectivity index (χ2n) is 2.56. The third-order valence-corrected chi connectivity index (χ3v) is 2.57. The predicted molar refractivity (Wildman–Crippen MR) is 52.2 cm³/mol. The van der Waals surface area contributed by atoms with Crippen molar-refractivity contribution in [2.24, 2.45) is 0 Å². The molecule has 1 aromatic carbocycles. The summed E-state index contributed by atoms with van der Waals surface area (Å²) in [6.07, 6.45) is 1.59. The van der Waals surface area contributed by atoms with Crippen molar-refractivity contribution in [1.82, 2.24) is 5.32 Å². The molecule has 1 amide bonds. The van der Waals surface area contributed by atoms with E-state index in [0.717, 1.165) is 0 Å². The average Bonchev–Trinajstić information content (AvgIpc) is 2.17. The first-order chi connectivity index (χ1) is 6.15. The van der Waals surface area contributed by atoms with Crippen LogP contribution in [-0.2, 0) is 10.8 Å². The van der Waals surface area contributed by atoms with Gasteiger partial charge in [0.2, 0.25) is 0 Å². The summed E-state index contributed by atoms with van der Waals surface area (Å²) in [7, 11) is 0.530. The fourth-order valence-electron chi connectivity index (χ4n) is 0.960. The van der Waals surface area contributed by atoms with Gasteiger partial charge >= 0.3 is 0 Å². The number of nitrogens with one attached hydrogen (secondary N) is 1. The summed E-state index contributed by atoms with van der Waals surface area (Å²) < 4.78 is 11.1. The fraction of sp³-hybridized carbons (Fsp3) is 0.222. The molecule has 0 bridgehead atoms. The molecule has 1 aromatic rings. The van der Waals surface area contributed by atoms with Crippen LogP contribution < -0.4 is 5.32 Å². The largest absolute Gasteiger partial charge is 0.355 e. The van der Waals surface area contributed by atoms with E-state index in [-0.39, 0.29) is 5.91 Å². The third kappa shape index (κ3) is 2.39. The highest BCUT2D eigenvalue weighted by Gasteiger charge is 2.04. The lowest BCUT2D eigenvalue weighted by molar-refractivity contribution is 0.0963. The number of hydrogen-bond donors (Lipinski definition) is 1. The van der Waals surface area contributed by atoms with Crippen LogP contribution in [0.15, 0.2) is 29.2 Å². The smallest absolute Gasteiger partial charge is 0.251 e. The highest BCUT2D eigenvalue weighted by molar-refractivity contribution is 7.84. The van der Waals surface area contributed by atoms with Gasteiger partial charge in [0.15, 0.2) is 0 Å². The molecule has 0 aromatic heterocycles. The summed E-state index contributed by atoms with van der Waals surface area (Å²) in [4.78, 5) is 11.8. The van der Waals surface area contributed by atoms with Crippen molar-refractivity contribution in [3.8, 4) is 0 Å². The highest BCUT2D eigenvalue weighted by Crippen LogP contribution is 2.08. The number of carbonyl (C=O) groups is 1. The van der Waals surface area contributed by atoms with Gasteiger partial charge in [-0.15, -0.1) is 0 Å². The first kappa shape index (κ1) is 9.92. The van der Waals surface area contributed by atoms with Crippen LogP contribution in [0.3, 0.4) is 0 Å². The average molecular weight is 197 g/mol.